The first-order valence-electron chi connectivity index (χ1n) is 9.08. The number of imide groups is 1. The number of hydrogen-bond donors (Lipinski definition) is 2. The van der Waals surface area contributed by atoms with E-state index in [1.165, 1.54) is 47.2 Å². The van der Waals surface area contributed by atoms with Gasteiger partial charge >= 0.3 is 12.2 Å². The number of alkyl halides is 3. The molecule has 2 aliphatic heterocycles. The normalized spacial score (nSPS) is 23.3. The van der Waals surface area contributed by atoms with Crippen LogP contribution in [0.1, 0.15) is 0 Å². The fourth-order valence-electron chi connectivity index (χ4n) is 3.56. The van der Waals surface area contributed by atoms with Gasteiger partial charge in [-0.25, -0.2) is 18.1 Å². The van der Waals surface area contributed by atoms with Gasteiger partial charge in [0.15, 0.2) is 0 Å². The number of amides is 4. The Kier molecular flexibility index (Phi) is 5.30. The minimum atomic E-state index is -5.61. The molecule has 0 radical (unpaired) electrons. The second-order valence-corrected chi connectivity index (χ2v) is 9.16. The van der Waals surface area contributed by atoms with E-state index in [-0.39, 0.29) is 10.7 Å². The summed E-state index contributed by atoms with van der Waals surface area (Å²) in [4.78, 5) is 41.1. The van der Waals surface area contributed by atoms with Gasteiger partial charge in [-0.05, 0) is 36.4 Å². The van der Waals surface area contributed by atoms with Crippen molar-refractivity contribution < 1.29 is 36.0 Å². The molecular formula is C19H12ClF3N4O5S. The van der Waals surface area contributed by atoms with Crippen molar-refractivity contribution >= 4 is 51.0 Å². The first-order valence-corrected chi connectivity index (χ1v) is 10.9. The standard InChI is InChI=1S/C19H12ClF3N4O5S/c20-10-6-8-11(9-7-10)27-14-13(15(28)25-17(27)30)18(16(29)24-14,19(21,22)23)26-33(31,32)12-4-2-1-3-5-12/h1-9,13,26H,(H,25,28,30). The molecule has 33 heavy (non-hydrogen) atoms. The number of carbonyl (C=O) groups is 3. The predicted molar refractivity (Wildman–Crippen MR) is 109 cm³/mol. The van der Waals surface area contributed by atoms with E-state index >= 15 is 0 Å². The number of anilines is 1. The number of rotatable bonds is 4. The summed E-state index contributed by atoms with van der Waals surface area (Å²) in [6, 6.07) is 9.97. The van der Waals surface area contributed by atoms with Gasteiger partial charge in [-0.15, -0.1) is 0 Å². The lowest BCUT2D eigenvalue weighted by molar-refractivity contribution is -0.199. The fourth-order valence-corrected chi connectivity index (χ4v) is 5.06. The lowest BCUT2D eigenvalue weighted by Crippen LogP contribution is -2.72. The number of hydrogen-bond acceptors (Lipinski definition) is 5. The Bertz CT molecular complexity index is 1300. The molecule has 2 atom stereocenters. The maximum atomic E-state index is 14.4. The van der Waals surface area contributed by atoms with Gasteiger partial charge in [-0.2, -0.15) is 22.9 Å². The van der Waals surface area contributed by atoms with E-state index in [2.05, 4.69) is 4.99 Å². The molecule has 4 amide bonds. The van der Waals surface area contributed by atoms with Crippen LogP contribution in [0.5, 0.6) is 0 Å². The molecule has 2 unspecified atom stereocenters. The second-order valence-electron chi connectivity index (χ2n) is 7.04. The van der Waals surface area contributed by atoms with Crippen LogP contribution in [0.2, 0.25) is 5.02 Å². The minimum Gasteiger partial charge on any atom is -0.277 e. The Morgan fingerprint density at radius 3 is 2.21 bits per heavy atom. The molecule has 1 saturated heterocycles. The molecular weight excluding hydrogens is 489 g/mol. The van der Waals surface area contributed by atoms with E-state index in [1.807, 2.05) is 0 Å². The molecule has 0 aromatic heterocycles. The van der Waals surface area contributed by atoms with Crippen molar-refractivity contribution in [3.63, 3.8) is 0 Å². The highest BCUT2D eigenvalue weighted by molar-refractivity contribution is 7.89. The SMILES string of the molecule is O=C1NC(=O)N(c2ccc(Cl)cc2)C2=NC(=O)C(NS(=O)(=O)c3ccccc3)(C(F)(F)F)C12. The molecule has 0 bridgehead atoms. The maximum Gasteiger partial charge on any atom is 0.417 e. The molecule has 0 aliphatic carbocycles. The molecule has 2 aromatic carbocycles. The molecule has 14 heteroatoms. The quantitative estimate of drug-likeness (QED) is 0.666. The van der Waals surface area contributed by atoms with Crippen molar-refractivity contribution in [3.05, 3.63) is 59.6 Å². The number of urea groups is 1. The Balaban J connectivity index is 1.87. The smallest absolute Gasteiger partial charge is 0.277 e. The Morgan fingerprint density at radius 1 is 1.03 bits per heavy atom. The monoisotopic (exact) mass is 500 g/mol. The summed E-state index contributed by atoms with van der Waals surface area (Å²) in [5, 5.41) is 1.98. The van der Waals surface area contributed by atoms with Crippen molar-refractivity contribution in [3.8, 4) is 0 Å². The lowest BCUT2D eigenvalue weighted by Gasteiger charge is -2.38. The number of amidine groups is 1. The van der Waals surface area contributed by atoms with Crippen molar-refractivity contribution in [2.75, 3.05) is 4.90 Å². The van der Waals surface area contributed by atoms with Crippen LogP contribution in [-0.4, -0.2) is 43.8 Å². The first kappa shape index (κ1) is 22.9. The highest BCUT2D eigenvalue weighted by Gasteiger charge is 2.74. The number of nitrogens with one attached hydrogen (secondary N) is 2. The van der Waals surface area contributed by atoms with Crippen LogP contribution in [0.25, 0.3) is 0 Å². The molecule has 4 rings (SSSR count). The van der Waals surface area contributed by atoms with Crippen molar-refractivity contribution in [2.24, 2.45) is 10.9 Å². The lowest BCUT2D eigenvalue weighted by atomic mass is 9.82. The molecule has 2 aliphatic rings. The number of fused-ring (bicyclic) bond motifs is 1. The zero-order chi connectivity index (χ0) is 24.2. The highest BCUT2D eigenvalue weighted by atomic mass is 35.5. The molecule has 1 fully saturated rings. The van der Waals surface area contributed by atoms with E-state index in [0.717, 1.165) is 12.1 Å². The van der Waals surface area contributed by atoms with E-state index in [9.17, 15) is 36.0 Å². The van der Waals surface area contributed by atoms with Gasteiger partial charge < -0.3 is 0 Å². The van der Waals surface area contributed by atoms with Crippen molar-refractivity contribution in [1.82, 2.24) is 10.0 Å². The van der Waals surface area contributed by atoms with Gasteiger partial charge in [0.25, 0.3) is 5.91 Å². The average Bonchev–Trinajstić information content (AvgIpc) is 3.02. The van der Waals surface area contributed by atoms with Crippen molar-refractivity contribution in [1.29, 1.82) is 0 Å². The third kappa shape index (κ3) is 3.57. The predicted octanol–water partition coefficient (Wildman–Crippen LogP) is 2.23. The molecule has 0 spiro atoms. The van der Waals surface area contributed by atoms with Crippen LogP contribution in [0.3, 0.4) is 0 Å². The molecule has 2 N–H and O–H groups in total. The molecule has 2 aromatic rings. The zero-order valence-electron chi connectivity index (χ0n) is 16.1. The Labute approximate surface area is 189 Å². The van der Waals surface area contributed by atoms with E-state index in [1.54, 1.807) is 5.32 Å². The number of aliphatic imine (C=N–C) groups is 1. The third-order valence-corrected chi connectivity index (χ3v) is 6.79. The summed E-state index contributed by atoms with van der Waals surface area (Å²) in [7, 11) is -4.96. The number of sulfonamides is 1. The van der Waals surface area contributed by atoms with Crippen LogP contribution in [0.4, 0.5) is 23.7 Å². The van der Waals surface area contributed by atoms with Crippen LogP contribution in [0.15, 0.2) is 64.5 Å². The Morgan fingerprint density at radius 2 is 1.64 bits per heavy atom. The fraction of sp³-hybridized carbons (Fsp3) is 0.158. The van der Waals surface area contributed by atoms with E-state index < -0.39 is 56.2 Å². The van der Waals surface area contributed by atoms with Gasteiger partial charge in [0.2, 0.25) is 21.5 Å². The highest BCUT2D eigenvalue weighted by Crippen LogP contribution is 2.45. The van der Waals surface area contributed by atoms with Gasteiger partial charge in [0.05, 0.1) is 10.6 Å². The summed E-state index contributed by atoms with van der Waals surface area (Å²) in [6.07, 6.45) is -5.61. The topological polar surface area (TPSA) is 125 Å². The van der Waals surface area contributed by atoms with Crippen LogP contribution in [-0.2, 0) is 19.6 Å². The van der Waals surface area contributed by atoms with Gasteiger partial charge in [0.1, 0.15) is 11.8 Å². The minimum absolute atomic E-state index is 0.0511. The summed E-state index contributed by atoms with van der Waals surface area (Å²) < 4.78 is 70.2. The number of nitrogens with zero attached hydrogens (tertiary/aromatic N) is 2. The van der Waals surface area contributed by atoms with Crippen LogP contribution < -0.4 is 14.9 Å². The molecule has 172 valence electrons. The number of carbonyl (C=O) groups excluding carboxylic acids is 3. The van der Waals surface area contributed by atoms with Crippen LogP contribution >= 0.6 is 11.6 Å². The Hall–Kier alpha value is -3.29. The largest absolute Gasteiger partial charge is 0.417 e. The second kappa shape index (κ2) is 7.64. The summed E-state index contributed by atoms with van der Waals surface area (Å²) in [5.74, 6) is -6.91. The summed E-state index contributed by atoms with van der Waals surface area (Å²) in [6.45, 7) is 0. The molecule has 2 heterocycles. The first-order chi connectivity index (χ1) is 15.4. The number of benzene rings is 2. The third-order valence-electron chi connectivity index (χ3n) is 5.05. The van der Waals surface area contributed by atoms with Gasteiger partial charge in [-0.1, -0.05) is 29.8 Å². The zero-order valence-corrected chi connectivity index (χ0v) is 17.7. The molecule has 9 nitrogen and oxygen atoms in total. The van der Waals surface area contributed by atoms with Gasteiger partial charge in [0, 0.05) is 5.02 Å². The van der Waals surface area contributed by atoms with Crippen molar-refractivity contribution in [2.45, 2.75) is 16.6 Å². The van der Waals surface area contributed by atoms with Gasteiger partial charge in [-0.3, -0.25) is 14.9 Å². The molecule has 0 saturated carbocycles. The maximum absolute atomic E-state index is 14.4. The average molecular weight is 501 g/mol. The van der Waals surface area contributed by atoms with Crippen LogP contribution in [0, 0.1) is 5.92 Å². The number of halogens is 4. The van der Waals surface area contributed by atoms with E-state index in [4.69, 9.17) is 11.6 Å². The van der Waals surface area contributed by atoms with E-state index in [0.29, 0.717) is 4.90 Å². The summed E-state index contributed by atoms with van der Waals surface area (Å²) >= 11 is 5.80. The summed E-state index contributed by atoms with van der Waals surface area (Å²) in [5.41, 5.74) is -4.03.